The summed E-state index contributed by atoms with van der Waals surface area (Å²) < 4.78 is 10.8. The standard InChI is InChI=1S/C14H27NO2/c1-16-11-9-15-12-14(6-3-7-14)8-5-13-4-2-10-17-13/h13,15H,2-12H2,1H3. The quantitative estimate of drug-likeness (QED) is 0.662. The van der Waals surface area contributed by atoms with Crippen LogP contribution in [0, 0.1) is 5.41 Å². The first-order valence-electron chi connectivity index (χ1n) is 7.16. The molecule has 1 heterocycles. The first kappa shape index (κ1) is 13.3. The Morgan fingerprint density at radius 1 is 1.35 bits per heavy atom. The second kappa shape index (κ2) is 6.72. The Morgan fingerprint density at radius 2 is 2.24 bits per heavy atom. The van der Waals surface area contributed by atoms with E-state index in [1.807, 2.05) is 0 Å². The van der Waals surface area contributed by atoms with Crippen LogP contribution in [0.25, 0.3) is 0 Å². The van der Waals surface area contributed by atoms with Crippen molar-refractivity contribution in [2.75, 3.05) is 33.4 Å². The molecule has 2 fully saturated rings. The summed E-state index contributed by atoms with van der Waals surface area (Å²) in [5.41, 5.74) is 0.583. The van der Waals surface area contributed by atoms with E-state index in [1.165, 1.54) is 51.5 Å². The van der Waals surface area contributed by atoms with Gasteiger partial charge in [-0.2, -0.15) is 0 Å². The van der Waals surface area contributed by atoms with Crippen LogP contribution in [-0.4, -0.2) is 39.5 Å². The van der Waals surface area contributed by atoms with Crippen molar-refractivity contribution in [3.63, 3.8) is 0 Å². The second-order valence-corrected chi connectivity index (χ2v) is 5.70. The lowest BCUT2D eigenvalue weighted by atomic mass is 9.65. The van der Waals surface area contributed by atoms with Crippen molar-refractivity contribution in [1.82, 2.24) is 5.32 Å². The fraction of sp³-hybridized carbons (Fsp3) is 1.00. The van der Waals surface area contributed by atoms with Crippen LogP contribution in [0.3, 0.4) is 0 Å². The summed E-state index contributed by atoms with van der Waals surface area (Å²) in [6, 6.07) is 0. The number of hydrogen-bond donors (Lipinski definition) is 1. The molecule has 0 bridgehead atoms. The largest absolute Gasteiger partial charge is 0.383 e. The van der Waals surface area contributed by atoms with E-state index in [1.54, 1.807) is 7.11 Å². The lowest BCUT2D eigenvalue weighted by Crippen LogP contribution is -2.41. The molecule has 3 heteroatoms. The van der Waals surface area contributed by atoms with Crippen molar-refractivity contribution in [3.05, 3.63) is 0 Å². The summed E-state index contributed by atoms with van der Waals surface area (Å²) in [5, 5.41) is 3.54. The van der Waals surface area contributed by atoms with E-state index in [0.29, 0.717) is 11.5 Å². The second-order valence-electron chi connectivity index (χ2n) is 5.70. The zero-order chi connectivity index (χ0) is 12.0. The summed E-state index contributed by atoms with van der Waals surface area (Å²) in [5.74, 6) is 0. The highest BCUT2D eigenvalue weighted by molar-refractivity contribution is 4.90. The Labute approximate surface area is 105 Å². The van der Waals surface area contributed by atoms with Crippen LogP contribution in [0.1, 0.15) is 44.9 Å². The third-order valence-electron chi connectivity index (χ3n) is 4.42. The number of nitrogens with one attached hydrogen (secondary N) is 1. The van der Waals surface area contributed by atoms with Crippen molar-refractivity contribution in [1.29, 1.82) is 0 Å². The number of hydrogen-bond acceptors (Lipinski definition) is 3. The molecule has 1 aliphatic carbocycles. The molecule has 0 aromatic carbocycles. The Bertz CT molecular complexity index is 210. The Hall–Kier alpha value is -0.120. The average molecular weight is 241 g/mol. The van der Waals surface area contributed by atoms with Gasteiger partial charge in [0.1, 0.15) is 0 Å². The zero-order valence-corrected chi connectivity index (χ0v) is 11.2. The molecule has 17 heavy (non-hydrogen) atoms. The molecule has 0 aromatic heterocycles. The van der Waals surface area contributed by atoms with E-state index in [0.717, 1.165) is 19.8 Å². The maximum absolute atomic E-state index is 5.72. The summed E-state index contributed by atoms with van der Waals surface area (Å²) in [6.45, 7) is 3.97. The van der Waals surface area contributed by atoms with E-state index in [2.05, 4.69) is 5.32 Å². The minimum atomic E-state index is 0.562. The van der Waals surface area contributed by atoms with Gasteiger partial charge in [-0.05, 0) is 43.9 Å². The lowest BCUT2D eigenvalue weighted by Gasteiger charge is -2.43. The van der Waals surface area contributed by atoms with Crippen LogP contribution < -0.4 is 5.32 Å². The van der Waals surface area contributed by atoms with Gasteiger partial charge in [0.05, 0.1) is 12.7 Å². The van der Waals surface area contributed by atoms with Crippen LogP contribution in [-0.2, 0) is 9.47 Å². The third kappa shape index (κ3) is 3.94. The Morgan fingerprint density at radius 3 is 2.82 bits per heavy atom. The van der Waals surface area contributed by atoms with Gasteiger partial charge in [0.2, 0.25) is 0 Å². The molecule has 0 spiro atoms. The van der Waals surface area contributed by atoms with Gasteiger partial charge in [0.25, 0.3) is 0 Å². The average Bonchev–Trinajstić information content (AvgIpc) is 2.79. The fourth-order valence-electron chi connectivity index (χ4n) is 3.06. The molecule has 0 amide bonds. The molecule has 1 saturated heterocycles. The van der Waals surface area contributed by atoms with Gasteiger partial charge in [0, 0.05) is 26.8 Å². The van der Waals surface area contributed by atoms with E-state index >= 15 is 0 Å². The lowest BCUT2D eigenvalue weighted by molar-refractivity contribution is 0.0582. The van der Waals surface area contributed by atoms with Gasteiger partial charge >= 0.3 is 0 Å². The minimum Gasteiger partial charge on any atom is -0.383 e. The molecule has 1 aliphatic heterocycles. The molecule has 100 valence electrons. The highest BCUT2D eigenvalue weighted by Crippen LogP contribution is 2.45. The predicted octanol–water partition coefficient (Wildman–Crippen LogP) is 2.35. The summed E-state index contributed by atoms with van der Waals surface area (Å²) in [6.07, 6.45) is 9.95. The van der Waals surface area contributed by atoms with Crippen molar-refractivity contribution in [2.24, 2.45) is 5.41 Å². The first-order chi connectivity index (χ1) is 8.35. The smallest absolute Gasteiger partial charge is 0.0587 e. The monoisotopic (exact) mass is 241 g/mol. The van der Waals surface area contributed by atoms with E-state index < -0.39 is 0 Å². The van der Waals surface area contributed by atoms with Crippen molar-refractivity contribution >= 4 is 0 Å². The molecule has 3 nitrogen and oxygen atoms in total. The molecule has 1 N–H and O–H groups in total. The third-order valence-corrected chi connectivity index (χ3v) is 4.42. The fourth-order valence-corrected chi connectivity index (χ4v) is 3.06. The predicted molar refractivity (Wildman–Crippen MR) is 69.2 cm³/mol. The van der Waals surface area contributed by atoms with E-state index in [4.69, 9.17) is 9.47 Å². The number of rotatable bonds is 8. The van der Waals surface area contributed by atoms with Crippen LogP contribution in [0.15, 0.2) is 0 Å². The van der Waals surface area contributed by atoms with Crippen molar-refractivity contribution in [2.45, 2.75) is 51.0 Å². The molecule has 1 unspecified atom stereocenters. The Balaban J connectivity index is 1.63. The van der Waals surface area contributed by atoms with Gasteiger partial charge < -0.3 is 14.8 Å². The zero-order valence-electron chi connectivity index (χ0n) is 11.2. The molecule has 2 rings (SSSR count). The topological polar surface area (TPSA) is 30.5 Å². The Kier molecular flexibility index (Phi) is 5.26. The SMILES string of the molecule is COCCNCC1(CCC2CCCO2)CCC1. The maximum atomic E-state index is 5.72. The first-order valence-corrected chi connectivity index (χ1v) is 7.16. The van der Waals surface area contributed by atoms with Crippen LogP contribution in [0.5, 0.6) is 0 Å². The minimum absolute atomic E-state index is 0.562. The van der Waals surface area contributed by atoms with Crippen LogP contribution in [0.2, 0.25) is 0 Å². The maximum Gasteiger partial charge on any atom is 0.0587 e. The van der Waals surface area contributed by atoms with Gasteiger partial charge in [0.15, 0.2) is 0 Å². The molecule has 0 aromatic rings. The van der Waals surface area contributed by atoms with Gasteiger partial charge in [-0.3, -0.25) is 0 Å². The van der Waals surface area contributed by atoms with Crippen LogP contribution in [0.4, 0.5) is 0 Å². The van der Waals surface area contributed by atoms with Gasteiger partial charge in [-0.25, -0.2) is 0 Å². The molecular formula is C14H27NO2. The van der Waals surface area contributed by atoms with E-state index in [9.17, 15) is 0 Å². The van der Waals surface area contributed by atoms with E-state index in [-0.39, 0.29) is 0 Å². The molecule has 0 radical (unpaired) electrons. The normalized spacial score (nSPS) is 27.0. The molecule has 1 atom stereocenters. The van der Waals surface area contributed by atoms with Crippen molar-refractivity contribution in [3.8, 4) is 0 Å². The highest BCUT2D eigenvalue weighted by Gasteiger charge is 2.36. The molecular weight excluding hydrogens is 214 g/mol. The summed E-state index contributed by atoms with van der Waals surface area (Å²) in [4.78, 5) is 0. The highest BCUT2D eigenvalue weighted by atomic mass is 16.5. The number of methoxy groups -OCH3 is 1. The molecule has 1 saturated carbocycles. The molecule has 2 aliphatic rings. The summed E-state index contributed by atoms with van der Waals surface area (Å²) >= 11 is 0. The van der Waals surface area contributed by atoms with Crippen LogP contribution >= 0.6 is 0 Å². The van der Waals surface area contributed by atoms with Crippen molar-refractivity contribution < 1.29 is 9.47 Å². The number of ether oxygens (including phenoxy) is 2. The van der Waals surface area contributed by atoms with Gasteiger partial charge in [-0.1, -0.05) is 6.42 Å². The van der Waals surface area contributed by atoms with Gasteiger partial charge in [-0.15, -0.1) is 0 Å². The summed E-state index contributed by atoms with van der Waals surface area (Å²) in [7, 11) is 1.76.